The number of thiazole rings is 1. The summed E-state index contributed by atoms with van der Waals surface area (Å²) in [5.74, 6) is 0.810. The largest absolute Gasteiger partial charge is 0.356 e. The molecule has 3 aromatic heterocycles. The lowest BCUT2D eigenvalue weighted by Gasteiger charge is -2.28. The summed E-state index contributed by atoms with van der Waals surface area (Å²) in [6.45, 7) is 3.01. The minimum absolute atomic E-state index is 0.161. The molecule has 1 N–H and O–H groups in total. The van der Waals surface area contributed by atoms with Crippen molar-refractivity contribution in [3.8, 4) is 0 Å². The molecule has 4 aromatic rings. The van der Waals surface area contributed by atoms with Crippen LogP contribution in [0.15, 0.2) is 35.6 Å². The molecule has 1 aliphatic heterocycles. The van der Waals surface area contributed by atoms with E-state index in [1.165, 1.54) is 42.4 Å². The number of anilines is 1. The smallest absolute Gasteiger partial charge is 0.280 e. The maximum absolute atomic E-state index is 12.5. The number of thioether (sulfide) groups is 1. The van der Waals surface area contributed by atoms with Crippen LogP contribution in [0.3, 0.4) is 0 Å². The second kappa shape index (κ2) is 8.80. The zero-order valence-corrected chi connectivity index (χ0v) is 18.9. The first kappa shape index (κ1) is 20.2. The van der Waals surface area contributed by atoms with E-state index in [0.717, 1.165) is 45.3 Å². The van der Waals surface area contributed by atoms with Gasteiger partial charge < -0.3 is 10.2 Å². The molecule has 0 unspecified atom stereocenters. The Kier molecular flexibility index (Phi) is 5.73. The van der Waals surface area contributed by atoms with Crippen LogP contribution in [0.1, 0.15) is 29.1 Å². The van der Waals surface area contributed by atoms with Crippen LogP contribution in [0.5, 0.6) is 0 Å². The van der Waals surface area contributed by atoms with Gasteiger partial charge in [0.1, 0.15) is 5.82 Å². The maximum atomic E-state index is 12.5. The lowest BCUT2D eigenvalue weighted by molar-refractivity contribution is 0.0952. The number of rotatable bonds is 6. The molecule has 1 amide bonds. The zero-order chi connectivity index (χ0) is 21.2. The van der Waals surface area contributed by atoms with E-state index in [4.69, 9.17) is 9.97 Å². The lowest BCUT2D eigenvalue weighted by Crippen LogP contribution is -2.30. The molecular weight excluding hydrogens is 430 g/mol. The Balaban J connectivity index is 1.32. The van der Waals surface area contributed by atoms with E-state index in [9.17, 15) is 4.79 Å². The molecule has 4 heterocycles. The molecular formula is C21H23N7OS2. The van der Waals surface area contributed by atoms with E-state index in [-0.39, 0.29) is 5.91 Å². The number of nitrogens with one attached hydrogen (secondary N) is 1. The van der Waals surface area contributed by atoms with Crippen LogP contribution >= 0.6 is 23.1 Å². The van der Waals surface area contributed by atoms with Gasteiger partial charge in [-0.1, -0.05) is 23.9 Å². The van der Waals surface area contributed by atoms with Crippen LogP contribution in [-0.2, 0) is 6.54 Å². The summed E-state index contributed by atoms with van der Waals surface area (Å²) < 4.78 is 2.86. The van der Waals surface area contributed by atoms with Crippen molar-refractivity contribution in [2.75, 3.05) is 30.8 Å². The highest BCUT2D eigenvalue weighted by Crippen LogP contribution is 2.28. The van der Waals surface area contributed by atoms with E-state index in [0.29, 0.717) is 18.1 Å². The van der Waals surface area contributed by atoms with Gasteiger partial charge in [0.2, 0.25) is 0 Å². The molecule has 0 spiro atoms. The summed E-state index contributed by atoms with van der Waals surface area (Å²) in [6.07, 6.45) is 7.48. The number of piperidine rings is 1. The van der Waals surface area contributed by atoms with Crippen LogP contribution in [0.4, 0.5) is 5.82 Å². The van der Waals surface area contributed by atoms with Crippen LogP contribution in [0.2, 0.25) is 0 Å². The predicted octanol–water partition coefficient (Wildman–Crippen LogP) is 3.58. The van der Waals surface area contributed by atoms with Gasteiger partial charge in [0.15, 0.2) is 15.8 Å². The average molecular weight is 454 g/mol. The normalized spacial score (nSPS) is 14.4. The molecule has 0 atom stereocenters. The molecule has 0 radical (unpaired) electrons. The average Bonchev–Trinajstić information content (AvgIpc) is 3.43. The van der Waals surface area contributed by atoms with Crippen molar-refractivity contribution >= 4 is 56.1 Å². The van der Waals surface area contributed by atoms with Gasteiger partial charge in [-0.3, -0.25) is 4.79 Å². The fraction of sp³-hybridized carbons (Fsp3) is 0.381. The first-order chi connectivity index (χ1) is 15.2. The maximum Gasteiger partial charge on any atom is 0.280 e. The second-order valence-electron chi connectivity index (χ2n) is 7.43. The monoisotopic (exact) mass is 453 g/mol. The number of amides is 1. The molecule has 1 aliphatic rings. The number of nitrogens with zero attached hydrogens (tertiary/aromatic N) is 6. The van der Waals surface area contributed by atoms with Crippen molar-refractivity contribution in [1.82, 2.24) is 30.0 Å². The SMILES string of the molecule is CSc1nc(N2CCCCC2)c2cnn(CCNC(=O)c3nc4ccccc4s3)c2n1. The number of carbonyl (C=O) groups excluding carboxylic acids is 1. The molecule has 0 saturated carbocycles. The summed E-state index contributed by atoms with van der Waals surface area (Å²) in [6, 6.07) is 7.77. The minimum Gasteiger partial charge on any atom is -0.356 e. The highest BCUT2D eigenvalue weighted by atomic mass is 32.2. The van der Waals surface area contributed by atoms with Crippen LogP contribution in [0.25, 0.3) is 21.3 Å². The minimum atomic E-state index is -0.161. The number of para-hydroxylation sites is 1. The zero-order valence-electron chi connectivity index (χ0n) is 17.2. The van der Waals surface area contributed by atoms with Crippen LogP contribution < -0.4 is 10.2 Å². The van der Waals surface area contributed by atoms with E-state index in [2.05, 4.69) is 20.3 Å². The Labute approximate surface area is 188 Å². The summed E-state index contributed by atoms with van der Waals surface area (Å²) >= 11 is 2.94. The Morgan fingerprint density at radius 2 is 2.00 bits per heavy atom. The van der Waals surface area contributed by atoms with Crippen molar-refractivity contribution in [2.24, 2.45) is 0 Å². The first-order valence-corrected chi connectivity index (χ1v) is 12.4. The Morgan fingerprint density at radius 3 is 2.81 bits per heavy atom. The molecule has 1 saturated heterocycles. The third-order valence-corrected chi connectivity index (χ3v) is 6.97. The predicted molar refractivity (Wildman–Crippen MR) is 125 cm³/mol. The third kappa shape index (κ3) is 4.09. The number of fused-ring (bicyclic) bond motifs is 2. The fourth-order valence-corrected chi connectivity index (χ4v) is 5.08. The lowest BCUT2D eigenvalue weighted by atomic mass is 10.1. The van der Waals surface area contributed by atoms with Crippen LogP contribution in [0, 0.1) is 0 Å². The molecule has 31 heavy (non-hydrogen) atoms. The van der Waals surface area contributed by atoms with Crippen molar-refractivity contribution in [2.45, 2.75) is 31.0 Å². The molecule has 0 bridgehead atoms. The van der Waals surface area contributed by atoms with Gasteiger partial charge in [-0.05, 0) is 37.7 Å². The van der Waals surface area contributed by atoms with E-state index < -0.39 is 0 Å². The number of hydrogen-bond acceptors (Lipinski definition) is 8. The van der Waals surface area contributed by atoms with E-state index in [1.807, 2.05) is 41.4 Å². The first-order valence-electron chi connectivity index (χ1n) is 10.4. The Bertz CT molecular complexity index is 1200. The molecule has 160 valence electrons. The third-order valence-electron chi connectivity index (χ3n) is 5.39. The van der Waals surface area contributed by atoms with Gasteiger partial charge in [-0.25, -0.2) is 19.6 Å². The standard InChI is InChI=1S/C21H23N7OS2/c1-30-21-25-17(27-10-5-2-6-11-27)14-13-23-28(18(14)26-21)12-9-22-19(29)20-24-15-7-3-4-8-16(15)31-20/h3-4,7-8,13H,2,5-6,9-12H2,1H3,(H,22,29). The Hall–Kier alpha value is -2.72. The molecule has 1 aromatic carbocycles. The quantitative estimate of drug-likeness (QED) is 0.353. The number of aromatic nitrogens is 5. The van der Waals surface area contributed by atoms with Crippen molar-refractivity contribution < 1.29 is 4.79 Å². The van der Waals surface area contributed by atoms with Gasteiger partial charge in [0.25, 0.3) is 5.91 Å². The number of carbonyl (C=O) groups is 1. The summed E-state index contributed by atoms with van der Waals surface area (Å²) in [5.41, 5.74) is 1.66. The van der Waals surface area contributed by atoms with Crippen molar-refractivity contribution in [3.63, 3.8) is 0 Å². The van der Waals surface area contributed by atoms with E-state index in [1.54, 1.807) is 0 Å². The molecule has 10 heteroatoms. The van der Waals surface area contributed by atoms with Gasteiger partial charge in [0, 0.05) is 19.6 Å². The summed E-state index contributed by atoms with van der Waals surface area (Å²) in [7, 11) is 0. The van der Waals surface area contributed by atoms with Gasteiger partial charge in [0.05, 0.1) is 28.3 Å². The Morgan fingerprint density at radius 1 is 1.16 bits per heavy atom. The second-order valence-corrected chi connectivity index (χ2v) is 9.23. The van der Waals surface area contributed by atoms with Crippen LogP contribution in [-0.4, -0.2) is 56.5 Å². The van der Waals surface area contributed by atoms with Crippen molar-refractivity contribution in [1.29, 1.82) is 0 Å². The van der Waals surface area contributed by atoms with Gasteiger partial charge >= 0.3 is 0 Å². The number of hydrogen-bond donors (Lipinski definition) is 1. The summed E-state index contributed by atoms with van der Waals surface area (Å²) in [5, 5.41) is 9.69. The highest BCUT2D eigenvalue weighted by Gasteiger charge is 2.20. The fourth-order valence-electron chi connectivity index (χ4n) is 3.84. The number of benzene rings is 1. The highest BCUT2D eigenvalue weighted by molar-refractivity contribution is 7.98. The molecule has 8 nitrogen and oxygen atoms in total. The topological polar surface area (TPSA) is 88.8 Å². The van der Waals surface area contributed by atoms with Crippen molar-refractivity contribution in [3.05, 3.63) is 35.5 Å². The van der Waals surface area contributed by atoms with Gasteiger partial charge in [-0.15, -0.1) is 11.3 Å². The summed E-state index contributed by atoms with van der Waals surface area (Å²) in [4.78, 5) is 28.8. The van der Waals surface area contributed by atoms with E-state index >= 15 is 0 Å². The molecule has 1 fully saturated rings. The molecule has 5 rings (SSSR count). The van der Waals surface area contributed by atoms with Gasteiger partial charge in [-0.2, -0.15) is 5.10 Å². The molecule has 0 aliphatic carbocycles.